The first kappa shape index (κ1) is 15.5. The number of nitrogens with one attached hydrogen (secondary N) is 1. The molecule has 3 unspecified atom stereocenters. The monoisotopic (exact) mass is 283 g/mol. The number of rotatable bonds is 9. The summed E-state index contributed by atoms with van der Waals surface area (Å²) in [5.41, 5.74) is -0.780. The quantitative estimate of drug-likeness (QED) is 0.547. The zero-order chi connectivity index (χ0) is 14.6. The molecule has 1 saturated carbocycles. The van der Waals surface area contributed by atoms with Crippen LogP contribution in [0, 0.1) is 5.92 Å². The van der Waals surface area contributed by atoms with Gasteiger partial charge in [0.25, 0.3) is 0 Å². The Morgan fingerprint density at radius 2 is 2.25 bits per heavy atom. The van der Waals surface area contributed by atoms with Crippen LogP contribution in [0.3, 0.4) is 0 Å². The predicted molar refractivity (Wildman–Crippen MR) is 75.1 cm³/mol. The van der Waals surface area contributed by atoms with Crippen molar-refractivity contribution in [2.45, 2.75) is 50.4 Å². The van der Waals surface area contributed by atoms with Crippen LogP contribution in [0.1, 0.15) is 44.4 Å². The zero-order valence-electron chi connectivity index (χ0n) is 12.0. The average Bonchev–Trinajstić information content (AvgIpc) is 3.12. The van der Waals surface area contributed by atoms with E-state index in [1.807, 2.05) is 6.07 Å². The lowest BCUT2D eigenvalue weighted by Crippen LogP contribution is -2.38. The largest absolute Gasteiger partial charge is 0.468 e. The Bertz CT molecular complexity index is 387. The van der Waals surface area contributed by atoms with Gasteiger partial charge >= 0.3 is 0 Å². The van der Waals surface area contributed by atoms with Crippen LogP contribution in [0.4, 0.5) is 0 Å². The van der Waals surface area contributed by atoms with Crippen LogP contribution >= 0.6 is 0 Å². The molecule has 3 atom stereocenters. The smallest absolute Gasteiger partial charge is 0.120 e. The molecule has 2 rings (SSSR count). The van der Waals surface area contributed by atoms with Gasteiger partial charge < -0.3 is 25.1 Å². The highest BCUT2D eigenvalue weighted by Crippen LogP contribution is 2.41. The Labute approximate surface area is 119 Å². The van der Waals surface area contributed by atoms with E-state index in [0.29, 0.717) is 25.3 Å². The second-order valence-corrected chi connectivity index (χ2v) is 5.98. The minimum atomic E-state index is -0.780. The van der Waals surface area contributed by atoms with E-state index in [9.17, 15) is 10.2 Å². The Morgan fingerprint density at radius 3 is 2.80 bits per heavy atom. The maximum atomic E-state index is 10.2. The van der Waals surface area contributed by atoms with Gasteiger partial charge in [0.15, 0.2) is 0 Å². The van der Waals surface area contributed by atoms with Crippen LogP contribution in [0.25, 0.3) is 0 Å². The summed E-state index contributed by atoms with van der Waals surface area (Å²) >= 11 is 0. The van der Waals surface area contributed by atoms with E-state index in [0.717, 1.165) is 18.6 Å². The first-order chi connectivity index (χ1) is 9.53. The lowest BCUT2D eigenvalue weighted by atomic mass is 9.93. The van der Waals surface area contributed by atoms with Gasteiger partial charge in [0.05, 0.1) is 24.0 Å². The van der Waals surface area contributed by atoms with Gasteiger partial charge in [-0.25, -0.2) is 0 Å². The average molecular weight is 283 g/mol. The minimum absolute atomic E-state index is 0.0499. The van der Waals surface area contributed by atoms with Gasteiger partial charge in [0, 0.05) is 19.6 Å². The molecule has 114 valence electrons. The molecule has 0 bridgehead atoms. The molecule has 5 heteroatoms. The van der Waals surface area contributed by atoms with Gasteiger partial charge in [-0.2, -0.15) is 0 Å². The van der Waals surface area contributed by atoms with E-state index in [4.69, 9.17) is 9.52 Å². The molecule has 1 aromatic rings. The maximum Gasteiger partial charge on any atom is 0.120 e. The second-order valence-electron chi connectivity index (χ2n) is 5.98. The highest BCUT2D eigenvalue weighted by Gasteiger charge is 2.40. The molecule has 5 nitrogen and oxygen atoms in total. The van der Waals surface area contributed by atoms with Crippen LogP contribution in [-0.4, -0.2) is 40.2 Å². The fourth-order valence-electron chi connectivity index (χ4n) is 2.66. The molecule has 0 spiro atoms. The third-order valence-electron chi connectivity index (χ3n) is 4.01. The first-order valence-corrected chi connectivity index (χ1v) is 7.31. The molecule has 1 aliphatic carbocycles. The van der Waals surface area contributed by atoms with Crippen molar-refractivity contribution in [1.82, 2.24) is 5.32 Å². The highest BCUT2D eigenvalue weighted by molar-refractivity contribution is 5.04. The topological polar surface area (TPSA) is 85.9 Å². The fourth-order valence-corrected chi connectivity index (χ4v) is 2.66. The number of aliphatic hydroxyl groups is 3. The van der Waals surface area contributed by atoms with E-state index in [-0.39, 0.29) is 12.6 Å². The van der Waals surface area contributed by atoms with E-state index in [1.165, 1.54) is 0 Å². The van der Waals surface area contributed by atoms with Crippen molar-refractivity contribution < 1.29 is 19.7 Å². The fraction of sp³-hybridized carbons (Fsp3) is 0.733. The van der Waals surface area contributed by atoms with Crippen molar-refractivity contribution in [3.63, 3.8) is 0 Å². The number of aliphatic hydroxyl groups excluding tert-OH is 2. The molecule has 1 aromatic heterocycles. The summed E-state index contributed by atoms with van der Waals surface area (Å²) in [6, 6.07) is 3.53. The summed E-state index contributed by atoms with van der Waals surface area (Å²) in [5.74, 6) is 1.08. The predicted octanol–water partition coefficient (Wildman–Crippen LogP) is 1.20. The van der Waals surface area contributed by atoms with Gasteiger partial charge in [-0.05, 0) is 44.2 Å². The molecular weight excluding hydrogens is 258 g/mol. The summed E-state index contributed by atoms with van der Waals surface area (Å²) in [6.45, 7) is 2.22. The Hall–Kier alpha value is -0.880. The lowest BCUT2D eigenvalue weighted by molar-refractivity contribution is -0.0138. The Balaban J connectivity index is 1.79. The third kappa shape index (κ3) is 4.31. The summed E-state index contributed by atoms with van der Waals surface area (Å²) < 4.78 is 5.33. The van der Waals surface area contributed by atoms with E-state index >= 15 is 0 Å². The van der Waals surface area contributed by atoms with Crippen LogP contribution in [0.5, 0.6) is 0 Å². The maximum absolute atomic E-state index is 10.2. The SMILES string of the molecule is CC(O)(CC(O)CNC(CCO)c1ccco1)C1CC1. The Kier molecular flexibility index (Phi) is 5.21. The molecule has 4 N–H and O–H groups in total. The molecule has 1 aliphatic rings. The van der Waals surface area contributed by atoms with Gasteiger partial charge in [0.1, 0.15) is 5.76 Å². The normalized spacial score (nSPS) is 21.4. The van der Waals surface area contributed by atoms with Gasteiger partial charge in [-0.1, -0.05) is 0 Å². The summed E-state index contributed by atoms with van der Waals surface area (Å²) in [5, 5.41) is 32.6. The van der Waals surface area contributed by atoms with Crippen molar-refractivity contribution in [3.05, 3.63) is 24.2 Å². The van der Waals surface area contributed by atoms with Crippen LogP contribution < -0.4 is 5.32 Å². The van der Waals surface area contributed by atoms with Crippen molar-refractivity contribution in [3.8, 4) is 0 Å². The number of hydrogen-bond acceptors (Lipinski definition) is 5. The standard InChI is InChI=1S/C15H25NO4/c1-15(19,11-4-5-11)9-12(18)10-16-13(6-7-17)14-3-2-8-20-14/h2-3,8,11-13,16-19H,4-7,9-10H2,1H3. The molecule has 1 heterocycles. The van der Waals surface area contributed by atoms with E-state index < -0.39 is 11.7 Å². The molecule has 0 amide bonds. The summed E-state index contributed by atoms with van der Waals surface area (Å²) in [4.78, 5) is 0. The zero-order valence-corrected chi connectivity index (χ0v) is 12.0. The molecule has 0 saturated heterocycles. The number of hydrogen-bond donors (Lipinski definition) is 4. The van der Waals surface area contributed by atoms with Crippen molar-refractivity contribution >= 4 is 0 Å². The molecule has 20 heavy (non-hydrogen) atoms. The number of furan rings is 1. The first-order valence-electron chi connectivity index (χ1n) is 7.31. The molecule has 1 fully saturated rings. The van der Waals surface area contributed by atoms with Crippen LogP contribution in [-0.2, 0) is 0 Å². The van der Waals surface area contributed by atoms with E-state index in [2.05, 4.69) is 5.32 Å². The minimum Gasteiger partial charge on any atom is -0.468 e. The van der Waals surface area contributed by atoms with Gasteiger partial charge in [-0.15, -0.1) is 0 Å². The molecule has 0 aromatic carbocycles. The summed E-state index contributed by atoms with van der Waals surface area (Å²) in [7, 11) is 0. The van der Waals surface area contributed by atoms with Crippen LogP contribution in [0.2, 0.25) is 0 Å². The Morgan fingerprint density at radius 1 is 1.50 bits per heavy atom. The van der Waals surface area contributed by atoms with Crippen molar-refractivity contribution in [2.24, 2.45) is 5.92 Å². The van der Waals surface area contributed by atoms with Gasteiger partial charge in [0.2, 0.25) is 0 Å². The molecular formula is C15H25NO4. The van der Waals surface area contributed by atoms with E-state index in [1.54, 1.807) is 19.3 Å². The van der Waals surface area contributed by atoms with Crippen molar-refractivity contribution in [1.29, 1.82) is 0 Å². The molecule has 0 radical (unpaired) electrons. The highest BCUT2D eigenvalue weighted by atomic mass is 16.3. The summed E-state index contributed by atoms with van der Waals surface area (Å²) in [6.07, 6.45) is 3.98. The van der Waals surface area contributed by atoms with Gasteiger partial charge in [-0.3, -0.25) is 0 Å². The van der Waals surface area contributed by atoms with Crippen LogP contribution in [0.15, 0.2) is 22.8 Å². The lowest BCUT2D eigenvalue weighted by Gasteiger charge is -2.27. The van der Waals surface area contributed by atoms with Crippen molar-refractivity contribution in [2.75, 3.05) is 13.2 Å². The molecule has 0 aliphatic heterocycles. The third-order valence-corrected chi connectivity index (χ3v) is 4.01. The second kappa shape index (κ2) is 6.72.